The van der Waals surface area contributed by atoms with Gasteiger partial charge < -0.3 is 10.1 Å². The zero-order valence-corrected chi connectivity index (χ0v) is 13.0. The molecular formula is C14H18N2O4S. The Hall–Kier alpha value is -2.02. The van der Waals surface area contributed by atoms with Gasteiger partial charge in [0, 0.05) is 11.9 Å². The van der Waals surface area contributed by atoms with Crippen LogP contribution in [0.4, 0.5) is 4.79 Å². The zero-order chi connectivity index (χ0) is 15.8. The number of rotatable bonds is 5. The second-order valence-corrected chi connectivity index (χ2v) is 5.27. The largest absolute Gasteiger partial charge is 0.452 e. The lowest BCUT2D eigenvalue weighted by molar-refractivity contribution is -0.151. The number of thioether (sulfide) groups is 1. The Morgan fingerprint density at radius 3 is 2.57 bits per heavy atom. The van der Waals surface area contributed by atoms with E-state index in [4.69, 9.17) is 4.74 Å². The fourth-order valence-corrected chi connectivity index (χ4v) is 2.23. The third kappa shape index (κ3) is 5.86. The minimum Gasteiger partial charge on any atom is -0.452 e. The summed E-state index contributed by atoms with van der Waals surface area (Å²) in [6.07, 6.45) is -1.02. The van der Waals surface area contributed by atoms with E-state index in [1.165, 1.54) is 25.7 Å². The van der Waals surface area contributed by atoms with Gasteiger partial charge in [0.2, 0.25) is 0 Å². The first-order chi connectivity index (χ1) is 9.93. The molecule has 0 bridgehead atoms. The van der Waals surface area contributed by atoms with Crippen LogP contribution in [0.3, 0.4) is 0 Å². The average Bonchev–Trinajstić information content (AvgIpc) is 2.46. The maximum atomic E-state index is 11.7. The quantitative estimate of drug-likeness (QED) is 0.635. The van der Waals surface area contributed by atoms with E-state index in [-0.39, 0.29) is 5.75 Å². The van der Waals surface area contributed by atoms with Gasteiger partial charge in [-0.1, -0.05) is 18.2 Å². The van der Waals surface area contributed by atoms with Crippen LogP contribution in [0.15, 0.2) is 29.2 Å². The van der Waals surface area contributed by atoms with Crippen molar-refractivity contribution in [2.45, 2.75) is 24.8 Å². The second-order valence-electron chi connectivity index (χ2n) is 4.25. The van der Waals surface area contributed by atoms with Crippen LogP contribution in [0, 0.1) is 6.92 Å². The average molecular weight is 310 g/mol. The topological polar surface area (TPSA) is 84.5 Å². The number of benzene rings is 1. The summed E-state index contributed by atoms with van der Waals surface area (Å²) in [6, 6.07) is 7.03. The molecule has 0 aliphatic rings. The molecule has 0 aromatic heterocycles. The predicted octanol–water partition coefficient (Wildman–Crippen LogP) is 1.47. The van der Waals surface area contributed by atoms with Crippen molar-refractivity contribution < 1.29 is 19.1 Å². The van der Waals surface area contributed by atoms with Crippen LogP contribution >= 0.6 is 11.8 Å². The Labute approximate surface area is 127 Å². The summed E-state index contributed by atoms with van der Waals surface area (Å²) in [4.78, 5) is 35.2. The first kappa shape index (κ1) is 17.0. The number of hydrogen-bond acceptors (Lipinski definition) is 5. The number of amides is 3. The fourth-order valence-electron chi connectivity index (χ4n) is 1.42. The summed E-state index contributed by atoms with van der Waals surface area (Å²) in [5, 5.41) is 4.29. The molecule has 0 aliphatic carbocycles. The first-order valence-electron chi connectivity index (χ1n) is 6.34. The van der Waals surface area contributed by atoms with E-state index in [2.05, 4.69) is 5.32 Å². The van der Waals surface area contributed by atoms with E-state index >= 15 is 0 Å². The molecule has 0 radical (unpaired) electrons. The number of hydrogen-bond donors (Lipinski definition) is 2. The summed E-state index contributed by atoms with van der Waals surface area (Å²) in [5.41, 5.74) is 1.07. The Kier molecular flexibility index (Phi) is 6.74. The van der Waals surface area contributed by atoms with E-state index in [0.29, 0.717) is 0 Å². The molecular weight excluding hydrogens is 292 g/mol. The number of carbonyl (C=O) groups excluding carboxylic acids is 3. The molecule has 1 rings (SSSR count). The maximum absolute atomic E-state index is 11.7. The first-order valence-corrected chi connectivity index (χ1v) is 7.33. The fraction of sp³-hybridized carbons (Fsp3) is 0.357. The van der Waals surface area contributed by atoms with Gasteiger partial charge in [0.25, 0.3) is 5.91 Å². The van der Waals surface area contributed by atoms with Crippen molar-refractivity contribution in [2.24, 2.45) is 0 Å². The lowest BCUT2D eigenvalue weighted by Crippen LogP contribution is -2.43. The van der Waals surface area contributed by atoms with Gasteiger partial charge in [-0.05, 0) is 25.5 Å². The molecule has 21 heavy (non-hydrogen) atoms. The molecule has 2 N–H and O–H groups in total. The molecule has 0 unspecified atom stereocenters. The SMILES string of the molecule is CNC(=O)NC(=O)[C@@H](C)OC(=O)CSc1ccccc1C. The molecule has 114 valence electrons. The third-order valence-electron chi connectivity index (χ3n) is 2.58. The molecule has 0 spiro atoms. The molecule has 6 nitrogen and oxygen atoms in total. The van der Waals surface area contributed by atoms with E-state index in [1.54, 1.807) is 0 Å². The van der Waals surface area contributed by atoms with Gasteiger partial charge >= 0.3 is 12.0 Å². The van der Waals surface area contributed by atoms with Gasteiger partial charge in [0.1, 0.15) is 0 Å². The minimum absolute atomic E-state index is 0.0997. The number of urea groups is 1. The van der Waals surface area contributed by atoms with Gasteiger partial charge in [-0.2, -0.15) is 0 Å². The van der Waals surface area contributed by atoms with Gasteiger partial charge in [0.15, 0.2) is 6.10 Å². The Morgan fingerprint density at radius 1 is 1.29 bits per heavy atom. The summed E-state index contributed by atoms with van der Waals surface area (Å²) in [5.74, 6) is -1.07. The summed E-state index contributed by atoms with van der Waals surface area (Å²) in [7, 11) is 1.39. The summed E-state index contributed by atoms with van der Waals surface area (Å²) >= 11 is 1.34. The van der Waals surface area contributed by atoms with Crippen molar-refractivity contribution in [3.63, 3.8) is 0 Å². The number of esters is 1. The maximum Gasteiger partial charge on any atom is 0.321 e. The van der Waals surface area contributed by atoms with Crippen molar-refractivity contribution >= 4 is 29.7 Å². The molecule has 0 saturated carbocycles. The molecule has 0 aliphatic heterocycles. The number of carbonyl (C=O) groups is 3. The Bertz CT molecular complexity index is 533. The van der Waals surface area contributed by atoms with Crippen molar-refractivity contribution in [1.29, 1.82) is 0 Å². The smallest absolute Gasteiger partial charge is 0.321 e. The van der Waals surface area contributed by atoms with Gasteiger partial charge in [-0.25, -0.2) is 4.79 Å². The molecule has 0 heterocycles. The highest BCUT2D eigenvalue weighted by molar-refractivity contribution is 8.00. The molecule has 0 saturated heterocycles. The highest BCUT2D eigenvalue weighted by Gasteiger charge is 2.19. The second kappa shape index (κ2) is 8.31. The van der Waals surface area contributed by atoms with Gasteiger partial charge in [0.05, 0.1) is 5.75 Å². The van der Waals surface area contributed by atoms with Crippen LogP contribution in [-0.4, -0.2) is 36.8 Å². The van der Waals surface area contributed by atoms with Crippen molar-refractivity contribution in [3.8, 4) is 0 Å². The lowest BCUT2D eigenvalue weighted by atomic mass is 10.2. The van der Waals surface area contributed by atoms with Crippen molar-refractivity contribution in [1.82, 2.24) is 10.6 Å². The van der Waals surface area contributed by atoms with Crippen LogP contribution in [0.2, 0.25) is 0 Å². The molecule has 7 heteroatoms. The minimum atomic E-state index is -1.02. The van der Waals surface area contributed by atoms with Crippen LogP contribution in [0.25, 0.3) is 0 Å². The van der Waals surface area contributed by atoms with Gasteiger partial charge in [-0.3, -0.25) is 14.9 Å². The molecule has 3 amide bonds. The van der Waals surface area contributed by atoms with E-state index in [1.807, 2.05) is 36.5 Å². The predicted molar refractivity (Wildman–Crippen MR) is 80.1 cm³/mol. The lowest BCUT2D eigenvalue weighted by Gasteiger charge is -2.12. The van der Waals surface area contributed by atoms with Crippen LogP contribution in [0.5, 0.6) is 0 Å². The van der Waals surface area contributed by atoms with Gasteiger partial charge in [-0.15, -0.1) is 11.8 Å². The van der Waals surface area contributed by atoms with Crippen LogP contribution in [0.1, 0.15) is 12.5 Å². The molecule has 1 aromatic rings. The Balaban J connectivity index is 2.41. The van der Waals surface area contributed by atoms with E-state index in [0.717, 1.165) is 10.5 Å². The molecule has 0 fully saturated rings. The number of nitrogens with one attached hydrogen (secondary N) is 2. The number of aryl methyl sites for hydroxylation is 1. The highest BCUT2D eigenvalue weighted by atomic mass is 32.2. The number of imide groups is 1. The van der Waals surface area contributed by atoms with Crippen LogP contribution < -0.4 is 10.6 Å². The summed E-state index contributed by atoms with van der Waals surface area (Å²) < 4.78 is 4.97. The zero-order valence-electron chi connectivity index (χ0n) is 12.1. The van der Waals surface area contributed by atoms with Crippen molar-refractivity contribution in [3.05, 3.63) is 29.8 Å². The number of ether oxygens (including phenoxy) is 1. The normalized spacial score (nSPS) is 11.4. The molecule has 1 aromatic carbocycles. The van der Waals surface area contributed by atoms with E-state index in [9.17, 15) is 14.4 Å². The molecule has 1 atom stereocenters. The highest BCUT2D eigenvalue weighted by Crippen LogP contribution is 2.21. The standard InChI is InChI=1S/C14H18N2O4S/c1-9-6-4-5-7-11(9)21-8-12(17)20-10(2)13(18)16-14(19)15-3/h4-7,10H,8H2,1-3H3,(H2,15,16,18,19)/t10-/m1/s1. The third-order valence-corrected chi connectivity index (χ3v) is 3.73. The van der Waals surface area contributed by atoms with Crippen molar-refractivity contribution in [2.75, 3.05) is 12.8 Å². The Morgan fingerprint density at radius 2 is 1.95 bits per heavy atom. The van der Waals surface area contributed by atoms with Crippen LogP contribution in [-0.2, 0) is 14.3 Å². The summed E-state index contributed by atoms with van der Waals surface area (Å²) in [6.45, 7) is 3.36. The monoisotopic (exact) mass is 310 g/mol. The van der Waals surface area contributed by atoms with E-state index < -0.39 is 24.0 Å².